The Morgan fingerprint density at radius 2 is 1.46 bits per heavy atom. The summed E-state index contributed by atoms with van der Waals surface area (Å²) >= 11 is 0. The normalized spacial score (nSPS) is 17.3. The van der Waals surface area contributed by atoms with E-state index < -0.39 is 0 Å². The first-order chi connectivity index (χ1) is 13.8. The van der Waals surface area contributed by atoms with Gasteiger partial charge in [0.2, 0.25) is 0 Å². The lowest BCUT2D eigenvalue weighted by Gasteiger charge is -2.13. The summed E-state index contributed by atoms with van der Waals surface area (Å²) in [5, 5.41) is 0. The van der Waals surface area contributed by atoms with Crippen molar-refractivity contribution in [3.63, 3.8) is 0 Å². The lowest BCUT2D eigenvalue weighted by molar-refractivity contribution is 0.416. The maximum Gasteiger partial charge on any atom is 0.174 e. The highest BCUT2D eigenvalue weighted by atomic mass is 16.3. The summed E-state index contributed by atoms with van der Waals surface area (Å²) in [5.74, 6) is 3.38. The Balaban J connectivity index is 1.52. The molecule has 3 nitrogen and oxygen atoms in total. The van der Waals surface area contributed by atoms with E-state index in [1.807, 2.05) is 6.07 Å². The zero-order valence-electron chi connectivity index (χ0n) is 17.0. The number of aryl methyl sites for hydroxylation is 1. The quantitative estimate of drug-likeness (QED) is 0.510. The second-order valence-electron chi connectivity index (χ2n) is 8.23. The second kappa shape index (κ2) is 9.27. The zero-order chi connectivity index (χ0) is 19.2. The van der Waals surface area contributed by atoms with E-state index in [1.54, 1.807) is 0 Å². The summed E-state index contributed by atoms with van der Waals surface area (Å²) < 4.78 is 6.32. The Morgan fingerprint density at radius 3 is 2.14 bits per heavy atom. The van der Waals surface area contributed by atoms with Crippen LogP contribution in [0, 0.1) is 6.92 Å². The van der Waals surface area contributed by atoms with Gasteiger partial charge in [0, 0.05) is 17.2 Å². The van der Waals surface area contributed by atoms with Crippen LogP contribution in [0.4, 0.5) is 0 Å². The molecular formula is C25H32N2O. The van der Waals surface area contributed by atoms with Gasteiger partial charge >= 0.3 is 0 Å². The van der Waals surface area contributed by atoms with Crippen molar-refractivity contribution in [1.82, 2.24) is 9.97 Å². The van der Waals surface area contributed by atoms with Crippen molar-refractivity contribution in [1.29, 1.82) is 0 Å². The minimum Gasteiger partial charge on any atom is -0.458 e. The van der Waals surface area contributed by atoms with Crippen LogP contribution in [0.1, 0.15) is 81.6 Å². The molecule has 28 heavy (non-hydrogen) atoms. The van der Waals surface area contributed by atoms with E-state index in [4.69, 9.17) is 9.40 Å². The van der Waals surface area contributed by atoms with E-state index in [1.165, 1.54) is 64.2 Å². The fourth-order valence-electron chi connectivity index (χ4n) is 4.42. The molecule has 1 fully saturated rings. The Morgan fingerprint density at radius 1 is 0.821 bits per heavy atom. The number of H-pyrrole nitrogens is 1. The average molecular weight is 377 g/mol. The van der Waals surface area contributed by atoms with Crippen molar-refractivity contribution in [3.05, 3.63) is 53.9 Å². The van der Waals surface area contributed by atoms with Gasteiger partial charge in [-0.3, -0.25) is 0 Å². The predicted octanol–water partition coefficient (Wildman–Crippen LogP) is 7.64. The number of furan rings is 1. The highest BCUT2D eigenvalue weighted by Crippen LogP contribution is 2.34. The molecule has 1 N–H and O–H groups in total. The van der Waals surface area contributed by atoms with E-state index >= 15 is 0 Å². The predicted molar refractivity (Wildman–Crippen MR) is 115 cm³/mol. The van der Waals surface area contributed by atoms with Gasteiger partial charge in [0.1, 0.15) is 5.76 Å². The van der Waals surface area contributed by atoms with Gasteiger partial charge in [-0.25, -0.2) is 4.98 Å². The fraction of sp³-hybridized carbons (Fsp3) is 0.480. The number of benzene rings is 1. The standard InChI is InChI=1S/C25H32N2O/c1-19-24(21-15-11-8-12-16-21)27-25(26-19)23-18-17-22(28-23)20-13-9-6-4-2-3-5-7-10-14-20/h8,11-12,15-18,20H,2-7,9-10,13-14H2,1H3,(H,26,27). The van der Waals surface area contributed by atoms with Crippen LogP contribution in [0.15, 0.2) is 46.9 Å². The van der Waals surface area contributed by atoms with Crippen LogP contribution in [0.5, 0.6) is 0 Å². The third kappa shape index (κ3) is 4.57. The van der Waals surface area contributed by atoms with Crippen LogP contribution in [0.3, 0.4) is 0 Å². The molecule has 1 aliphatic rings. The molecule has 3 heteroatoms. The Hall–Kier alpha value is -2.29. The largest absolute Gasteiger partial charge is 0.458 e. The smallest absolute Gasteiger partial charge is 0.174 e. The summed E-state index contributed by atoms with van der Waals surface area (Å²) in [4.78, 5) is 8.25. The van der Waals surface area contributed by atoms with E-state index in [0.717, 1.165) is 34.3 Å². The Labute approximate surface area is 168 Å². The molecule has 3 aromatic rings. The first kappa shape index (κ1) is 19.0. The van der Waals surface area contributed by atoms with Crippen molar-refractivity contribution in [3.8, 4) is 22.8 Å². The molecule has 2 aromatic heterocycles. The number of nitrogens with one attached hydrogen (secondary N) is 1. The molecule has 2 heterocycles. The summed E-state index contributed by atoms with van der Waals surface area (Å²) in [6.45, 7) is 2.08. The molecule has 1 saturated carbocycles. The van der Waals surface area contributed by atoms with Crippen LogP contribution >= 0.6 is 0 Å². The molecule has 0 unspecified atom stereocenters. The van der Waals surface area contributed by atoms with E-state index in [9.17, 15) is 0 Å². The summed E-state index contributed by atoms with van der Waals surface area (Å²) in [6, 6.07) is 14.6. The highest BCUT2D eigenvalue weighted by molar-refractivity contribution is 5.65. The van der Waals surface area contributed by atoms with Crippen molar-refractivity contribution < 1.29 is 4.42 Å². The molecule has 0 spiro atoms. The Kier molecular flexibility index (Phi) is 6.31. The molecule has 0 amide bonds. The highest BCUT2D eigenvalue weighted by Gasteiger charge is 2.18. The first-order valence-corrected chi connectivity index (χ1v) is 11.0. The number of hydrogen-bond donors (Lipinski definition) is 1. The van der Waals surface area contributed by atoms with Gasteiger partial charge in [0.05, 0.1) is 5.69 Å². The van der Waals surface area contributed by atoms with Crippen LogP contribution in [0.25, 0.3) is 22.8 Å². The number of hydrogen-bond acceptors (Lipinski definition) is 2. The zero-order valence-corrected chi connectivity index (χ0v) is 17.0. The van der Waals surface area contributed by atoms with Crippen molar-refractivity contribution in [2.45, 2.75) is 77.0 Å². The van der Waals surface area contributed by atoms with Gasteiger partial charge in [-0.1, -0.05) is 81.7 Å². The molecule has 1 aromatic carbocycles. The van der Waals surface area contributed by atoms with Crippen molar-refractivity contribution in [2.24, 2.45) is 0 Å². The van der Waals surface area contributed by atoms with Gasteiger partial charge < -0.3 is 9.40 Å². The monoisotopic (exact) mass is 376 g/mol. The minimum absolute atomic E-state index is 0.552. The molecule has 1 aliphatic carbocycles. The van der Waals surface area contributed by atoms with Gasteiger partial charge in [-0.2, -0.15) is 0 Å². The second-order valence-corrected chi connectivity index (χ2v) is 8.23. The molecular weight excluding hydrogens is 344 g/mol. The van der Waals surface area contributed by atoms with Crippen LogP contribution in [0.2, 0.25) is 0 Å². The molecule has 148 valence electrons. The molecule has 0 radical (unpaired) electrons. The number of nitrogens with zero attached hydrogens (tertiary/aromatic N) is 1. The van der Waals surface area contributed by atoms with Gasteiger partial charge in [-0.05, 0) is 31.9 Å². The number of rotatable bonds is 3. The van der Waals surface area contributed by atoms with Gasteiger partial charge in [0.25, 0.3) is 0 Å². The van der Waals surface area contributed by atoms with Crippen molar-refractivity contribution in [2.75, 3.05) is 0 Å². The Bertz CT molecular complexity index is 850. The van der Waals surface area contributed by atoms with Gasteiger partial charge in [0.15, 0.2) is 11.6 Å². The third-order valence-corrected chi connectivity index (χ3v) is 6.05. The molecule has 0 saturated heterocycles. The number of aromatic amines is 1. The van der Waals surface area contributed by atoms with E-state index in [-0.39, 0.29) is 0 Å². The molecule has 4 rings (SSSR count). The lowest BCUT2D eigenvalue weighted by Crippen LogP contribution is -1.98. The SMILES string of the molecule is Cc1[nH]c(-c2ccc(C3CCCCCCCCCC3)o2)nc1-c1ccccc1. The average Bonchev–Trinajstić information content (AvgIpc) is 3.33. The number of imidazole rings is 1. The van der Waals surface area contributed by atoms with Crippen LogP contribution in [-0.4, -0.2) is 9.97 Å². The van der Waals surface area contributed by atoms with Gasteiger partial charge in [-0.15, -0.1) is 0 Å². The molecule has 0 bridgehead atoms. The third-order valence-electron chi connectivity index (χ3n) is 6.05. The minimum atomic E-state index is 0.552. The lowest BCUT2D eigenvalue weighted by atomic mass is 9.93. The maximum absolute atomic E-state index is 6.32. The number of aromatic nitrogens is 2. The molecule has 0 atom stereocenters. The van der Waals surface area contributed by atoms with E-state index in [0.29, 0.717) is 5.92 Å². The van der Waals surface area contributed by atoms with Crippen molar-refractivity contribution >= 4 is 0 Å². The topological polar surface area (TPSA) is 41.8 Å². The van der Waals surface area contributed by atoms with E-state index in [2.05, 4.69) is 48.3 Å². The fourth-order valence-corrected chi connectivity index (χ4v) is 4.42. The summed E-state index contributed by atoms with van der Waals surface area (Å²) in [5.41, 5.74) is 3.22. The maximum atomic E-state index is 6.32. The first-order valence-electron chi connectivity index (χ1n) is 11.0. The summed E-state index contributed by atoms with van der Waals surface area (Å²) in [6.07, 6.45) is 13.5. The summed E-state index contributed by atoms with van der Waals surface area (Å²) in [7, 11) is 0. The molecule has 0 aliphatic heterocycles. The van der Waals surface area contributed by atoms with Crippen LogP contribution < -0.4 is 0 Å². The van der Waals surface area contributed by atoms with Crippen LogP contribution in [-0.2, 0) is 0 Å².